The van der Waals surface area contributed by atoms with Crippen molar-refractivity contribution in [3.05, 3.63) is 54.2 Å². The van der Waals surface area contributed by atoms with Gasteiger partial charge < -0.3 is 4.90 Å². The maximum absolute atomic E-state index is 4.25. The minimum atomic E-state index is 0.569. The van der Waals surface area contributed by atoms with E-state index in [1.54, 1.807) is 0 Å². The van der Waals surface area contributed by atoms with Crippen molar-refractivity contribution in [1.29, 1.82) is 0 Å². The summed E-state index contributed by atoms with van der Waals surface area (Å²) in [6.07, 6.45) is 1.07. The minimum absolute atomic E-state index is 0.569. The Kier molecular flexibility index (Phi) is 2.62. The molecule has 0 N–H and O–H groups in total. The number of allylic oxidation sites excluding steroid dienone is 1. The van der Waals surface area contributed by atoms with Crippen LogP contribution in [0.4, 0.5) is 5.69 Å². The molecule has 0 unspecified atom stereocenters. The molecule has 0 aromatic heterocycles. The molecule has 92 valence electrons. The highest BCUT2D eigenvalue weighted by Gasteiger charge is 2.25. The van der Waals surface area contributed by atoms with Gasteiger partial charge in [0.25, 0.3) is 0 Å². The van der Waals surface area contributed by atoms with Crippen molar-refractivity contribution in [3.8, 4) is 0 Å². The van der Waals surface area contributed by atoms with E-state index in [1.807, 2.05) is 0 Å². The Hall–Kier alpha value is -1.76. The van der Waals surface area contributed by atoms with Crippen LogP contribution < -0.4 is 4.90 Å². The maximum atomic E-state index is 4.25. The lowest BCUT2D eigenvalue weighted by atomic mass is 9.87. The first-order valence-corrected chi connectivity index (χ1v) is 6.69. The Morgan fingerprint density at radius 2 is 2.00 bits per heavy atom. The van der Waals surface area contributed by atoms with E-state index in [1.165, 1.54) is 27.7 Å². The van der Waals surface area contributed by atoms with Gasteiger partial charge in [0.1, 0.15) is 0 Å². The molecule has 0 bridgehead atoms. The van der Waals surface area contributed by atoms with Crippen LogP contribution in [-0.4, -0.2) is 6.54 Å². The first kappa shape index (κ1) is 11.3. The zero-order valence-corrected chi connectivity index (χ0v) is 11.1. The van der Waals surface area contributed by atoms with E-state index in [-0.39, 0.29) is 0 Å². The molecule has 0 fully saturated rings. The van der Waals surface area contributed by atoms with Crippen molar-refractivity contribution >= 4 is 16.5 Å². The summed E-state index contributed by atoms with van der Waals surface area (Å²) in [7, 11) is 0. The summed E-state index contributed by atoms with van der Waals surface area (Å²) in [6.45, 7) is 9.74. The number of anilines is 1. The van der Waals surface area contributed by atoms with E-state index in [2.05, 4.69) is 61.7 Å². The second-order valence-corrected chi connectivity index (χ2v) is 5.14. The van der Waals surface area contributed by atoms with Crippen LogP contribution in [0.3, 0.4) is 0 Å². The van der Waals surface area contributed by atoms with E-state index in [9.17, 15) is 0 Å². The second-order valence-electron chi connectivity index (χ2n) is 5.14. The van der Waals surface area contributed by atoms with Gasteiger partial charge in [0.2, 0.25) is 0 Å². The Morgan fingerprint density at radius 1 is 1.22 bits per heavy atom. The van der Waals surface area contributed by atoms with Crippen molar-refractivity contribution < 1.29 is 0 Å². The molecule has 0 saturated heterocycles. The third-order valence-corrected chi connectivity index (χ3v) is 3.97. The van der Waals surface area contributed by atoms with Gasteiger partial charge in [-0.3, -0.25) is 0 Å². The Balaban J connectivity index is 2.35. The highest BCUT2D eigenvalue weighted by molar-refractivity contribution is 5.97. The summed E-state index contributed by atoms with van der Waals surface area (Å²) < 4.78 is 0. The summed E-state index contributed by atoms with van der Waals surface area (Å²) in [4.78, 5) is 2.37. The zero-order valence-electron chi connectivity index (χ0n) is 11.1. The third kappa shape index (κ3) is 1.54. The fourth-order valence-electron chi connectivity index (χ4n) is 3.08. The summed E-state index contributed by atoms with van der Waals surface area (Å²) in [5, 5.41) is 2.67. The average molecular weight is 237 g/mol. The molecule has 0 saturated carbocycles. The van der Waals surface area contributed by atoms with Crippen LogP contribution in [-0.2, 0) is 0 Å². The van der Waals surface area contributed by atoms with Gasteiger partial charge in [0.05, 0.1) is 5.69 Å². The average Bonchev–Trinajstić information content (AvgIpc) is 2.39. The van der Waals surface area contributed by atoms with Crippen LogP contribution in [0.1, 0.15) is 31.7 Å². The van der Waals surface area contributed by atoms with Gasteiger partial charge in [0, 0.05) is 17.6 Å². The van der Waals surface area contributed by atoms with E-state index in [4.69, 9.17) is 0 Å². The fraction of sp³-hybridized carbons (Fsp3) is 0.294. The van der Waals surface area contributed by atoms with Crippen LogP contribution in [0.25, 0.3) is 10.8 Å². The molecule has 0 spiro atoms. The van der Waals surface area contributed by atoms with Crippen LogP contribution in [0.5, 0.6) is 0 Å². The van der Waals surface area contributed by atoms with E-state index >= 15 is 0 Å². The minimum Gasteiger partial charge on any atom is -0.345 e. The molecule has 0 aliphatic carbocycles. The smallest absolute Gasteiger partial charge is 0.0523 e. The summed E-state index contributed by atoms with van der Waals surface area (Å²) in [5.74, 6) is 0.569. The van der Waals surface area contributed by atoms with Gasteiger partial charge in [-0.15, -0.1) is 0 Å². The lowest BCUT2D eigenvalue weighted by molar-refractivity contribution is 0.690. The molecule has 1 aliphatic heterocycles. The van der Waals surface area contributed by atoms with Crippen LogP contribution >= 0.6 is 0 Å². The summed E-state index contributed by atoms with van der Waals surface area (Å²) in [6, 6.07) is 13.2. The van der Waals surface area contributed by atoms with Crippen molar-refractivity contribution in [2.24, 2.45) is 0 Å². The van der Waals surface area contributed by atoms with E-state index < -0.39 is 0 Å². The number of nitrogens with zero attached hydrogens (tertiary/aromatic N) is 1. The monoisotopic (exact) mass is 237 g/mol. The lowest BCUT2D eigenvalue weighted by Gasteiger charge is -2.36. The normalized spacial score (nSPS) is 19.1. The molecule has 2 aromatic rings. The predicted molar refractivity (Wildman–Crippen MR) is 79.1 cm³/mol. The standard InChI is InChI=1S/C17H19N/c1-4-18-13(3)11-12(2)15-10-9-14-7-5-6-8-16(14)17(15)18/h5-10,12H,3-4,11H2,1-2H3/t12-/m0/s1. The number of fused-ring (bicyclic) bond motifs is 3. The number of hydrogen-bond acceptors (Lipinski definition) is 1. The molecule has 1 heteroatoms. The summed E-state index contributed by atoms with van der Waals surface area (Å²) in [5.41, 5.74) is 4.08. The zero-order chi connectivity index (χ0) is 12.7. The largest absolute Gasteiger partial charge is 0.345 e. The van der Waals surface area contributed by atoms with E-state index in [0.29, 0.717) is 5.92 Å². The first-order valence-electron chi connectivity index (χ1n) is 6.69. The van der Waals surface area contributed by atoms with Gasteiger partial charge in [-0.1, -0.05) is 49.9 Å². The predicted octanol–water partition coefficient (Wildman–Crippen LogP) is 4.69. The highest BCUT2D eigenvalue weighted by Crippen LogP contribution is 2.43. The quantitative estimate of drug-likeness (QED) is 0.695. The molecule has 18 heavy (non-hydrogen) atoms. The SMILES string of the molecule is C=C1C[C@H](C)c2ccc3ccccc3c2N1CC. The van der Waals surface area contributed by atoms with Gasteiger partial charge in [-0.25, -0.2) is 0 Å². The molecule has 1 atom stereocenters. The highest BCUT2D eigenvalue weighted by atomic mass is 15.1. The van der Waals surface area contributed by atoms with Gasteiger partial charge in [0.15, 0.2) is 0 Å². The topological polar surface area (TPSA) is 3.24 Å². The molecular formula is C17H19N. The van der Waals surface area contributed by atoms with Gasteiger partial charge in [-0.2, -0.15) is 0 Å². The number of rotatable bonds is 1. The molecule has 1 nitrogen and oxygen atoms in total. The number of benzene rings is 2. The van der Waals surface area contributed by atoms with Crippen molar-refractivity contribution in [3.63, 3.8) is 0 Å². The van der Waals surface area contributed by atoms with E-state index in [0.717, 1.165) is 13.0 Å². The number of hydrogen-bond donors (Lipinski definition) is 0. The molecule has 0 radical (unpaired) electrons. The van der Waals surface area contributed by atoms with Gasteiger partial charge in [-0.05, 0) is 30.2 Å². The Morgan fingerprint density at radius 3 is 2.78 bits per heavy atom. The Bertz CT molecular complexity index is 612. The molecular weight excluding hydrogens is 218 g/mol. The maximum Gasteiger partial charge on any atom is 0.0523 e. The van der Waals surface area contributed by atoms with Crippen molar-refractivity contribution in [2.75, 3.05) is 11.4 Å². The fourth-order valence-corrected chi connectivity index (χ4v) is 3.08. The molecule has 2 aromatic carbocycles. The van der Waals surface area contributed by atoms with Crippen LogP contribution in [0.15, 0.2) is 48.7 Å². The van der Waals surface area contributed by atoms with Crippen molar-refractivity contribution in [2.45, 2.75) is 26.2 Å². The molecule has 3 rings (SSSR count). The summed E-state index contributed by atoms with van der Waals surface area (Å²) >= 11 is 0. The lowest BCUT2D eigenvalue weighted by Crippen LogP contribution is -2.28. The molecule has 0 amide bonds. The Labute approximate surface area is 109 Å². The van der Waals surface area contributed by atoms with Crippen LogP contribution in [0.2, 0.25) is 0 Å². The molecule has 1 heterocycles. The third-order valence-electron chi connectivity index (χ3n) is 3.97. The van der Waals surface area contributed by atoms with Gasteiger partial charge >= 0.3 is 0 Å². The molecule has 1 aliphatic rings. The van der Waals surface area contributed by atoms with Crippen LogP contribution in [0, 0.1) is 0 Å². The second kappa shape index (κ2) is 4.16. The van der Waals surface area contributed by atoms with Crippen molar-refractivity contribution in [1.82, 2.24) is 0 Å². The first-order chi connectivity index (χ1) is 8.72.